The van der Waals surface area contributed by atoms with E-state index in [-0.39, 0.29) is 15.3 Å². The lowest BCUT2D eigenvalue weighted by Gasteiger charge is -2.13. The van der Waals surface area contributed by atoms with Crippen molar-refractivity contribution in [1.82, 2.24) is 0 Å². The molecule has 0 saturated carbocycles. The lowest BCUT2D eigenvalue weighted by atomic mass is 10.1. The molecule has 2 aromatic rings. The van der Waals surface area contributed by atoms with Crippen LogP contribution in [0.15, 0.2) is 16.6 Å². The number of nitrogens with one attached hydrogen (secondary N) is 2. The summed E-state index contributed by atoms with van der Waals surface area (Å²) < 4.78 is 32.2. The van der Waals surface area contributed by atoms with Crippen LogP contribution in [0.1, 0.15) is 27.2 Å². The van der Waals surface area contributed by atoms with Gasteiger partial charge < -0.3 is 15.4 Å². The lowest BCUT2D eigenvalue weighted by Crippen LogP contribution is -2.21. The number of anilines is 2. The van der Waals surface area contributed by atoms with Crippen molar-refractivity contribution in [2.45, 2.75) is 19.3 Å². The Morgan fingerprint density at radius 2 is 2.08 bits per heavy atom. The van der Waals surface area contributed by atoms with Crippen LogP contribution in [-0.4, -0.2) is 18.2 Å². The Bertz CT molecular complexity index is 847. The summed E-state index contributed by atoms with van der Waals surface area (Å²) in [4.78, 5) is 13.2. The van der Waals surface area contributed by atoms with Gasteiger partial charge in [-0.1, -0.05) is 0 Å². The number of thiocarbonyl (C=S) groups is 1. The minimum absolute atomic E-state index is 0.0163. The minimum Gasteiger partial charge on any atom is -0.465 e. The van der Waals surface area contributed by atoms with Crippen LogP contribution in [0, 0.1) is 11.6 Å². The number of carbonyl (C=O) groups is 1. The van der Waals surface area contributed by atoms with Gasteiger partial charge in [0.05, 0.1) is 18.4 Å². The molecule has 0 unspecified atom stereocenters. The number of fused-ring (bicyclic) bond motifs is 1. The largest absolute Gasteiger partial charge is 0.465 e. The summed E-state index contributed by atoms with van der Waals surface area (Å²) in [5.41, 5.74) is 1.47. The van der Waals surface area contributed by atoms with Gasteiger partial charge >= 0.3 is 5.97 Å². The molecule has 1 aliphatic carbocycles. The SMILES string of the molecule is COC(=O)c1c(NC(=S)Nc2c(F)cc(F)cc2Br)sc2c1CCC2. The van der Waals surface area contributed by atoms with Crippen molar-refractivity contribution in [3.63, 3.8) is 0 Å². The van der Waals surface area contributed by atoms with E-state index < -0.39 is 17.6 Å². The Labute approximate surface area is 160 Å². The van der Waals surface area contributed by atoms with Crippen LogP contribution in [-0.2, 0) is 17.6 Å². The molecule has 1 aliphatic rings. The zero-order valence-electron chi connectivity index (χ0n) is 13.0. The lowest BCUT2D eigenvalue weighted by molar-refractivity contribution is 0.0601. The molecule has 3 rings (SSSR count). The Morgan fingerprint density at radius 1 is 1.32 bits per heavy atom. The highest BCUT2D eigenvalue weighted by Crippen LogP contribution is 2.39. The number of thiophene rings is 1. The molecule has 0 bridgehead atoms. The molecule has 4 nitrogen and oxygen atoms in total. The Morgan fingerprint density at radius 3 is 2.76 bits per heavy atom. The van der Waals surface area contributed by atoms with Gasteiger partial charge in [0, 0.05) is 15.4 Å². The number of methoxy groups -OCH3 is 1. The molecule has 9 heteroatoms. The topological polar surface area (TPSA) is 50.4 Å². The van der Waals surface area contributed by atoms with E-state index in [1.54, 1.807) is 0 Å². The van der Waals surface area contributed by atoms with E-state index in [1.165, 1.54) is 18.4 Å². The number of aryl methyl sites for hydroxylation is 1. The van der Waals surface area contributed by atoms with Crippen molar-refractivity contribution in [3.05, 3.63) is 44.2 Å². The summed E-state index contributed by atoms with van der Waals surface area (Å²) in [5.74, 6) is -1.91. The highest BCUT2D eigenvalue weighted by Gasteiger charge is 2.27. The van der Waals surface area contributed by atoms with E-state index in [1.807, 2.05) is 0 Å². The van der Waals surface area contributed by atoms with Crippen LogP contribution in [0.3, 0.4) is 0 Å². The van der Waals surface area contributed by atoms with Gasteiger partial charge in [-0.3, -0.25) is 0 Å². The van der Waals surface area contributed by atoms with Crippen LogP contribution in [0.2, 0.25) is 0 Å². The number of carbonyl (C=O) groups excluding carboxylic acids is 1. The van der Waals surface area contributed by atoms with E-state index in [2.05, 4.69) is 26.6 Å². The van der Waals surface area contributed by atoms with Gasteiger partial charge in [0.15, 0.2) is 10.9 Å². The fourth-order valence-corrected chi connectivity index (χ4v) is 4.78. The van der Waals surface area contributed by atoms with Gasteiger partial charge in [-0.25, -0.2) is 13.6 Å². The second kappa shape index (κ2) is 7.35. The van der Waals surface area contributed by atoms with E-state index >= 15 is 0 Å². The van der Waals surface area contributed by atoms with Crippen molar-refractivity contribution in [3.8, 4) is 0 Å². The van der Waals surface area contributed by atoms with Crippen LogP contribution >= 0.6 is 39.5 Å². The predicted molar refractivity (Wildman–Crippen MR) is 102 cm³/mol. The molecule has 0 radical (unpaired) electrons. The minimum atomic E-state index is -0.780. The van der Waals surface area contributed by atoms with Gasteiger partial charge in [-0.2, -0.15) is 0 Å². The zero-order valence-corrected chi connectivity index (χ0v) is 16.3. The molecular formula is C16H13BrF2N2O2S2. The van der Waals surface area contributed by atoms with Crippen LogP contribution in [0.4, 0.5) is 19.5 Å². The third kappa shape index (κ3) is 3.68. The smallest absolute Gasteiger partial charge is 0.341 e. The summed E-state index contributed by atoms with van der Waals surface area (Å²) in [6.45, 7) is 0. The monoisotopic (exact) mass is 446 g/mol. The summed E-state index contributed by atoms with van der Waals surface area (Å²) in [6, 6.07) is 1.89. The normalized spacial score (nSPS) is 12.6. The van der Waals surface area contributed by atoms with Crippen LogP contribution < -0.4 is 10.6 Å². The van der Waals surface area contributed by atoms with Gasteiger partial charge in [-0.05, 0) is 59.0 Å². The molecule has 1 aromatic carbocycles. The first kappa shape index (κ1) is 18.2. The van der Waals surface area contributed by atoms with Gasteiger partial charge in [-0.15, -0.1) is 11.3 Å². The highest BCUT2D eigenvalue weighted by molar-refractivity contribution is 9.10. The number of rotatable bonds is 3. The van der Waals surface area contributed by atoms with Crippen molar-refractivity contribution in [2.24, 2.45) is 0 Å². The average Bonchev–Trinajstić information content (AvgIpc) is 3.10. The zero-order chi connectivity index (χ0) is 18.1. The van der Waals surface area contributed by atoms with Crippen molar-refractivity contribution < 1.29 is 18.3 Å². The molecule has 0 spiro atoms. The summed E-state index contributed by atoms with van der Waals surface area (Å²) in [5, 5.41) is 6.28. The molecular weight excluding hydrogens is 434 g/mol. The number of esters is 1. The van der Waals surface area contributed by atoms with Gasteiger partial charge in [0.2, 0.25) is 0 Å². The molecule has 0 atom stereocenters. The Balaban J connectivity index is 1.84. The van der Waals surface area contributed by atoms with Crippen LogP contribution in [0.25, 0.3) is 0 Å². The molecule has 0 amide bonds. The van der Waals surface area contributed by atoms with Crippen molar-refractivity contribution >= 4 is 61.3 Å². The van der Waals surface area contributed by atoms with E-state index in [4.69, 9.17) is 17.0 Å². The van der Waals surface area contributed by atoms with Crippen molar-refractivity contribution in [2.75, 3.05) is 17.7 Å². The Kier molecular flexibility index (Phi) is 5.35. The molecule has 25 heavy (non-hydrogen) atoms. The van der Waals surface area contributed by atoms with Gasteiger partial charge in [0.1, 0.15) is 10.8 Å². The summed E-state index contributed by atoms with van der Waals surface area (Å²) >= 11 is 9.74. The first-order valence-electron chi connectivity index (χ1n) is 7.36. The molecule has 1 aromatic heterocycles. The summed E-state index contributed by atoms with van der Waals surface area (Å²) in [7, 11) is 1.33. The van der Waals surface area contributed by atoms with E-state index in [9.17, 15) is 13.6 Å². The van der Waals surface area contributed by atoms with E-state index in [0.717, 1.165) is 41.8 Å². The average molecular weight is 447 g/mol. The second-order valence-corrected chi connectivity index (χ2v) is 7.74. The number of halogens is 3. The molecule has 1 heterocycles. The second-order valence-electron chi connectivity index (χ2n) is 5.38. The third-order valence-corrected chi connectivity index (χ3v) is 5.82. The third-order valence-electron chi connectivity index (χ3n) is 3.78. The maximum absolute atomic E-state index is 13.9. The molecule has 0 saturated heterocycles. The van der Waals surface area contributed by atoms with E-state index in [0.29, 0.717) is 10.6 Å². The molecule has 132 valence electrons. The number of hydrogen-bond acceptors (Lipinski definition) is 4. The first-order chi connectivity index (χ1) is 11.9. The first-order valence-corrected chi connectivity index (χ1v) is 9.38. The predicted octanol–water partition coefficient (Wildman–Crippen LogP) is 4.87. The van der Waals surface area contributed by atoms with Gasteiger partial charge in [0.25, 0.3) is 0 Å². The quantitative estimate of drug-likeness (QED) is 0.519. The summed E-state index contributed by atoms with van der Waals surface area (Å²) in [6.07, 6.45) is 2.72. The fraction of sp³-hybridized carbons (Fsp3) is 0.250. The fourth-order valence-electron chi connectivity index (χ4n) is 2.72. The van der Waals surface area contributed by atoms with Crippen molar-refractivity contribution in [1.29, 1.82) is 0 Å². The Hall–Kier alpha value is -1.58. The maximum atomic E-state index is 13.9. The van der Waals surface area contributed by atoms with Crippen LogP contribution in [0.5, 0.6) is 0 Å². The number of benzene rings is 1. The molecule has 2 N–H and O–H groups in total. The standard InChI is InChI=1S/C16H13BrF2N2O2S2/c1-23-15(22)12-8-3-2-4-11(8)25-14(12)21-16(24)20-13-9(17)5-7(18)6-10(13)19/h5-6H,2-4H2,1H3,(H2,20,21,24). The highest BCUT2D eigenvalue weighted by atomic mass is 79.9. The molecule has 0 aliphatic heterocycles. The number of ether oxygens (including phenoxy) is 1. The number of hydrogen-bond donors (Lipinski definition) is 2. The molecule has 0 fully saturated rings. The maximum Gasteiger partial charge on any atom is 0.341 e.